The lowest BCUT2D eigenvalue weighted by Crippen LogP contribution is -2.42. The highest BCUT2D eigenvalue weighted by molar-refractivity contribution is 5.95. The van der Waals surface area contributed by atoms with E-state index >= 15 is 0 Å². The van der Waals surface area contributed by atoms with Crippen LogP contribution in [0.1, 0.15) is 36.4 Å². The minimum atomic E-state index is 0.115. The lowest BCUT2D eigenvalue weighted by Gasteiger charge is -2.34. The average molecular weight is 221 g/mol. The molecular weight excluding hydrogens is 202 g/mol. The van der Waals surface area contributed by atoms with Crippen molar-refractivity contribution in [3.63, 3.8) is 0 Å². The molecule has 1 aromatic rings. The normalized spacial score (nSPS) is 25.8. The van der Waals surface area contributed by atoms with E-state index in [1.807, 2.05) is 11.8 Å². The van der Waals surface area contributed by atoms with Crippen LogP contribution in [0.15, 0.2) is 16.7 Å². The molecule has 0 bridgehead atoms. The first kappa shape index (κ1) is 11.2. The van der Waals surface area contributed by atoms with E-state index in [0.29, 0.717) is 17.4 Å². The summed E-state index contributed by atoms with van der Waals surface area (Å²) in [5.74, 6) is 2.03. The molecule has 16 heavy (non-hydrogen) atoms. The second-order valence-corrected chi connectivity index (χ2v) is 5.05. The molecule has 88 valence electrons. The lowest BCUT2D eigenvalue weighted by molar-refractivity contribution is 0.0621. The van der Waals surface area contributed by atoms with Crippen LogP contribution in [0.4, 0.5) is 0 Å². The molecule has 1 fully saturated rings. The molecule has 0 N–H and O–H groups in total. The number of carbonyl (C=O) groups is 1. The van der Waals surface area contributed by atoms with Crippen LogP contribution in [-0.2, 0) is 0 Å². The van der Waals surface area contributed by atoms with E-state index < -0.39 is 0 Å². The SMILES string of the molecule is Cc1occc1C(=O)N1C[C@@H](C)C[C@H](C)C1. The maximum Gasteiger partial charge on any atom is 0.257 e. The molecule has 2 atom stereocenters. The number of likely N-dealkylation sites (tertiary alicyclic amines) is 1. The van der Waals surface area contributed by atoms with Crippen LogP contribution in [-0.4, -0.2) is 23.9 Å². The fraction of sp³-hybridized carbons (Fsp3) is 0.615. The third-order valence-electron chi connectivity index (χ3n) is 3.25. The van der Waals surface area contributed by atoms with Gasteiger partial charge in [-0.05, 0) is 31.2 Å². The summed E-state index contributed by atoms with van der Waals surface area (Å²) < 4.78 is 5.18. The summed E-state index contributed by atoms with van der Waals surface area (Å²) >= 11 is 0. The summed E-state index contributed by atoms with van der Waals surface area (Å²) in [7, 11) is 0. The maximum absolute atomic E-state index is 12.2. The third kappa shape index (κ3) is 2.13. The predicted molar refractivity (Wildman–Crippen MR) is 62.3 cm³/mol. The minimum absolute atomic E-state index is 0.115. The van der Waals surface area contributed by atoms with Crippen molar-refractivity contribution < 1.29 is 9.21 Å². The molecule has 0 spiro atoms. The molecule has 0 aliphatic carbocycles. The average Bonchev–Trinajstić information content (AvgIpc) is 2.62. The van der Waals surface area contributed by atoms with Crippen LogP contribution >= 0.6 is 0 Å². The van der Waals surface area contributed by atoms with Crippen molar-refractivity contribution in [3.05, 3.63) is 23.7 Å². The number of rotatable bonds is 1. The van der Waals surface area contributed by atoms with Gasteiger partial charge in [0.2, 0.25) is 0 Å². The molecule has 0 unspecified atom stereocenters. The smallest absolute Gasteiger partial charge is 0.257 e. The van der Waals surface area contributed by atoms with E-state index in [1.165, 1.54) is 6.42 Å². The Hall–Kier alpha value is -1.25. The standard InChI is InChI=1S/C13H19NO2/c1-9-6-10(2)8-14(7-9)13(15)12-4-5-16-11(12)3/h4-5,9-10H,6-8H2,1-3H3/t9-,10-/m0/s1. The molecule has 1 saturated heterocycles. The Morgan fingerprint density at radius 3 is 2.50 bits per heavy atom. The Balaban J connectivity index is 2.13. The molecule has 0 radical (unpaired) electrons. The van der Waals surface area contributed by atoms with E-state index in [1.54, 1.807) is 12.3 Å². The number of furan rings is 1. The molecule has 1 aliphatic heterocycles. The largest absolute Gasteiger partial charge is 0.469 e. The van der Waals surface area contributed by atoms with Gasteiger partial charge in [0.05, 0.1) is 11.8 Å². The molecule has 2 heterocycles. The van der Waals surface area contributed by atoms with Crippen molar-refractivity contribution in [1.29, 1.82) is 0 Å². The van der Waals surface area contributed by atoms with E-state index in [-0.39, 0.29) is 5.91 Å². The number of aryl methyl sites for hydroxylation is 1. The van der Waals surface area contributed by atoms with Gasteiger partial charge < -0.3 is 9.32 Å². The van der Waals surface area contributed by atoms with Gasteiger partial charge in [0.15, 0.2) is 0 Å². The van der Waals surface area contributed by atoms with Crippen LogP contribution in [0.3, 0.4) is 0 Å². The zero-order valence-electron chi connectivity index (χ0n) is 10.2. The Morgan fingerprint density at radius 1 is 1.38 bits per heavy atom. The number of carbonyl (C=O) groups excluding carboxylic acids is 1. The molecular formula is C13H19NO2. The van der Waals surface area contributed by atoms with Gasteiger partial charge in [0, 0.05) is 13.1 Å². The number of nitrogens with zero attached hydrogens (tertiary/aromatic N) is 1. The summed E-state index contributed by atoms with van der Waals surface area (Å²) in [5, 5.41) is 0. The van der Waals surface area contributed by atoms with Gasteiger partial charge in [-0.1, -0.05) is 13.8 Å². The summed E-state index contributed by atoms with van der Waals surface area (Å²) in [4.78, 5) is 14.2. The molecule has 2 rings (SSSR count). The molecule has 1 aliphatic rings. The summed E-state index contributed by atoms with van der Waals surface area (Å²) in [5.41, 5.74) is 0.710. The topological polar surface area (TPSA) is 33.5 Å². The predicted octanol–water partition coefficient (Wildman–Crippen LogP) is 2.71. The van der Waals surface area contributed by atoms with Crippen LogP contribution in [0.5, 0.6) is 0 Å². The minimum Gasteiger partial charge on any atom is -0.469 e. The highest BCUT2D eigenvalue weighted by atomic mass is 16.3. The highest BCUT2D eigenvalue weighted by Crippen LogP contribution is 2.23. The second kappa shape index (κ2) is 4.32. The van der Waals surface area contributed by atoms with Crippen LogP contribution < -0.4 is 0 Å². The fourth-order valence-electron chi connectivity index (χ4n) is 2.61. The Kier molecular flexibility index (Phi) is 3.03. The van der Waals surface area contributed by atoms with Crippen molar-refractivity contribution >= 4 is 5.91 Å². The van der Waals surface area contributed by atoms with Gasteiger partial charge >= 0.3 is 0 Å². The van der Waals surface area contributed by atoms with E-state index in [0.717, 1.165) is 18.8 Å². The highest BCUT2D eigenvalue weighted by Gasteiger charge is 2.27. The molecule has 3 heteroatoms. The first-order valence-electron chi connectivity index (χ1n) is 5.91. The van der Waals surface area contributed by atoms with Crippen molar-refractivity contribution in [2.45, 2.75) is 27.2 Å². The quantitative estimate of drug-likeness (QED) is 0.730. The molecule has 0 aromatic carbocycles. The first-order chi connectivity index (χ1) is 7.58. The number of hydrogen-bond acceptors (Lipinski definition) is 2. The van der Waals surface area contributed by atoms with E-state index in [2.05, 4.69) is 13.8 Å². The van der Waals surface area contributed by atoms with Gasteiger partial charge in [-0.3, -0.25) is 4.79 Å². The van der Waals surface area contributed by atoms with Crippen LogP contribution in [0, 0.1) is 18.8 Å². The third-order valence-corrected chi connectivity index (χ3v) is 3.25. The number of hydrogen-bond donors (Lipinski definition) is 0. The summed E-state index contributed by atoms with van der Waals surface area (Å²) in [6.45, 7) is 7.99. The summed E-state index contributed by atoms with van der Waals surface area (Å²) in [6.07, 6.45) is 2.80. The van der Waals surface area contributed by atoms with Crippen LogP contribution in [0.2, 0.25) is 0 Å². The van der Waals surface area contributed by atoms with Gasteiger partial charge in [-0.2, -0.15) is 0 Å². The van der Waals surface area contributed by atoms with Crippen molar-refractivity contribution in [3.8, 4) is 0 Å². The Labute approximate surface area is 96.4 Å². The van der Waals surface area contributed by atoms with Crippen LogP contribution in [0.25, 0.3) is 0 Å². The zero-order chi connectivity index (χ0) is 11.7. The maximum atomic E-state index is 12.2. The molecule has 1 amide bonds. The fourth-order valence-corrected chi connectivity index (χ4v) is 2.61. The molecule has 1 aromatic heterocycles. The summed E-state index contributed by atoms with van der Waals surface area (Å²) in [6, 6.07) is 1.77. The van der Waals surface area contributed by atoms with Gasteiger partial charge in [0.25, 0.3) is 5.91 Å². The Morgan fingerprint density at radius 2 is 2.00 bits per heavy atom. The first-order valence-corrected chi connectivity index (χ1v) is 5.91. The number of piperidine rings is 1. The molecule has 0 saturated carbocycles. The van der Waals surface area contributed by atoms with Crippen molar-refractivity contribution in [2.75, 3.05) is 13.1 Å². The van der Waals surface area contributed by atoms with Gasteiger partial charge in [-0.15, -0.1) is 0 Å². The lowest BCUT2D eigenvalue weighted by atomic mass is 9.91. The van der Waals surface area contributed by atoms with Crippen molar-refractivity contribution in [2.24, 2.45) is 11.8 Å². The van der Waals surface area contributed by atoms with E-state index in [9.17, 15) is 4.79 Å². The van der Waals surface area contributed by atoms with Gasteiger partial charge in [-0.25, -0.2) is 0 Å². The zero-order valence-corrected chi connectivity index (χ0v) is 10.2. The van der Waals surface area contributed by atoms with Gasteiger partial charge in [0.1, 0.15) is 5.76 Å². The van der Waals surface area contributed by atoms with E-state index in [4.69, 9.17) is 4.42 Å². The molecule has 3 nitrogen and oxygen atoms in total. The Bertz CT molecular complexity index is 373. The second-order valence-electron chi connectivity index (χ2n) is 5.05. The monoisotopic (exact) mass is 221 g/mol. The van der Waals surface area contributed by atoms with Crippen molar-refractivity contribution in [1.82, 2.24) is 4.90 Å². The number of amides is 1.